The van der Waals surface area contributed by atoms with Crippen molar-refractivity contribution < 1.29 is 9.59 Å². The van der Waals surface area contributed by atoms with Gasteiger partial charge < -0.3 is 10.6 Å². The van der Waals surface area contributed by atoms with Crippen molar-refractivity contribution in [3.63, 3.8) is 0 Å². The predicted octanol–water partition coefficient (Wildman–Crippen LogP) is 0.186. The molecule has 0 saturated heterocycles. The third kappa shape index (κ3) is 10.5. The third-order valence-electron chi connectivity index (χ3n) is 1.89. The second-order valence-corrected chi connectivity index (χ2v) is 4.31. The molecule has 0 aliphatic rings. The molecular weight excluding hydrogens is 244 g/mol. The molecule has 2 unspecified atom stereocenters. The summed E-state index contributed by atoms with van der Waals surface area (Å²) in [4.78, 5) is 20.9. The highest BCUT2D eigenvalue weighted by molar-refractivity contribution is 7.81. The van der Waals surface area contributed by atoms with Gasteiger partial charge in [0.1, 0.15) is 11.6 Å². The summed E-state index contributed by atoms with van der Waals surface area (Å²) >= 11 is 7.94. The van der Waals surface area contributed by atoms with Crippen molar-refractivity contribution >= 4 is 36.8 Å². The third-order valence-corrected chi connectivity index (χ3v) is 2.80. The predicted molar refractivity (Wildman–Crippen MR) is 74.8 cm³/mol. The van der Waals surface area contributed by atoms with E-state index < -0.39 is 0 Å². The van der Waals surface area contributed by atoms with Gasteiger partial charge in [0.2, 0.25) is 0 Å². The van der Waals surface area contributed by atoms with Crippen LogP contribution >= 0.6 is 25.3 Å². The summed E-state index contributed by atoms with van der Waals surface area (Å²) in [6.07, 6.45) is 0. The molecule has 0 aromatic rings. The maximum atomic E-state index is 10.5. The lowest BCUT2D eigenvalue weighted by Gasteiger charge is -2.06. The maximum Gasteiger partial charge on any atom is 0.147 e. The summed E-state index contributed by atoms with van der Waals surface area (Å²) < 4.78 is 0. The SMILES string of the molecule is CNC(CS)C(C)=O.CNCC(S)C(C)=O. The summed E-state index contributed by atoms with van der Waals surface area (Å²) in [5.74, 6) is 0.830. The molecule has 4 nitrogen and oxygen atoms in total. The first-order valence-corrected chi connectivity index (χ1v) is 6.17. The molecule has 0 aromatic carbocycles. The molecule has 96 valence electrons. The Kier molecular flexibility index (Phi) is 13.1. The largest absolute Gasteiger partial charge is 0.318 e. The minimum atomic E-state index is -0.139. The highest BCUT2D eigenvalue weighted by Gasteiger charge is 2.06. The first kappa shape index (κ1) is 18.3. The number of rotatable bonds is 6. The molecule has 0 bridgehead atoms. The number of nitrogens with one attached hydrogen (secondary N) is 2. The summed E-state index contributed by atoms with van der Waals surface area (Å²) in [5, 5.41) is 5.54. The molecule has 2 atom stereocenters. The van der Waals surface area contributed by atoms with E-state index in [-0.39, 0.29) is 22.9 Å². The van der Waals surface area contributed by atoms with Crippen LogP contribution in [0.2, 0.25) is 0 Å². The highest BCUT2D eigenvalue weighted by Crippen LogP contribution is 1.92. The van der Waals surface area contributed by atoms with Gasteiger partial charge in [0, 0.05) is 12.3 Å². The quantitative estimate of drug-likeness (QED) is 0.518. The van der Waals surface area contributed by atoms with Gasteiger partial charge in [-0.3, -0.25) is 9.59 Å². The zero-order valence-electron chi connectivity index (χ0n) is 10.3. The van der Waals surface area contributed by atoms with Gasteiger partial charge >= 0.3 is 0 Å². The lowest BCUT2D eigenvalue weighted by atomic mass is 10.2. The smallest absolute Gasteiger partial charge is 0.147 e. The molecule has 0 fully saturated rings. The van der Waals surface area contributed by atoms with Crippen LogP contribution in [0.1, 0.15) is 13.8 Å². The van der Waals surface area contributed by atoms with E-state index in [4.69, 9.17) is 0 Å². The number of Topliss-reactive ketones (excluding diaryl/α,β-unsaturated/α-hetero) is 2. The van der Waals surface area contributed by atoms with Crippen molar-refractivity contribution in [2.45, 2.75) is 25.1 Å². The highest BCUT2D eigenvalue weighted by atomic mass is 32.1. The molecule has 0 heterocycles. The molecule has 0 saturated carbocycles. The van der Waals surface area contributed by atoms with Crippen molar-refractivity contribution in [1.82, 2.24) is 10.6 Å². The Balaban J connectivity index is 0. The molecule has 6 heteroatoms. The second kappa shape index (κ2) is 11.4. The second-order valence-electron chi connectivity index (χ2n) is 3.32. The summed E-state index contributed by atoms with van der Waals surface area (Å²) in [7, 11) is 3.55. The van der Waals surface area contributed by atoms with Crippen LogP contribution < -0.4 is 10.6 Å². The van der Waals surface area contributed by atoms with Gasteiger partial charge in [-0.05, 0) is 27.9 Å². The van der Waals surface area contributed by atoms with E-state index in [9.17, 15) is 9.59 Å². The Morgan fingerprint density at radius 2 is 1.69 bits per heavy atom. The van der Waals surface area contributed by atoms with Crippen molar-refractivity contribution in [3.05, 3.63) is 0 Å². The van der Waals surface area contributed by atoms with Crippen LogP contribution in [0.25, 0.3) is 0 Å². The fourth-order valence-corrected chi connectivity index (χ4v) is 1.38. The van der Waals surface area contributed by atoms with Crippen LogP contribution in [-0.2, 0) is 9.59 Å². The normalized spacial score (nSPS) is 13.4. The molecule has 0 aliphatic heterocycles. The van der Waals surface area contributed by atoms with E-state index in [2.05, 4.69) is 35.9 Å². The minimum absolute atomic E-state index is 0.0710. The first-order chi connectivity index (χ1) is 7.40. The first-order valence-electron chi connectivity index (χ1n) is 5.02. The Labute approximate surface area is 109 Å². The lowest BCUT2D eigenvalue weighted by molar-refractivity contribution is -0.118. The van der Waals surface area contributed by atoms with Crippen molar-refractivity contribution in [2.24, 2.45) is 0 Å². The van der Waals surface area contributed by atoms with Gasteiger partial charge in [-0.1, -0.05) is 0 Å². The fourth-order valence-electron chi connectivity index (χ4n) is 0.760. The van der Waals surface area contributed by atoms with E-state index in [1.165, 1.54) is 6.92 Å². The van der Waals surface area contributed by atoms with Gasteiger partial charge in [-0.2, -0.15) is 25.3 Å². The van der Waals surface area contributed by atoms with Crippen LogP contribution in [0, 0.1) is 0 Å². The van der Waals surface area contributed by atoms with Gasteiger partial charge in [0.25, 0.3) is 0 Å². The number of hydrogen-bond acceptors (Lipinski definition) is 6. The average molecular weight is 266 g/mol. The fraction of sp³-hybridized carbons (Fsp3) is 0.800. The number of carbonyl (C=O) groups excluding carboxylic acids is 2. The number of hydrogen-bond donors (Lipinski definition) is 4. The van der Waals surface area contributed by atoms with E-state index in [0.717, 1.165) is 0 Å². The minimum Gasteiger partial charge on any atom is -0.318 e. The maximum absolute atomic E-state index is 10.5. The van der Waals surface area contributed by atoms with Crippen LogP contribution in [0.3, 0.4) is 0 Å². The monoisotopic (exact) mass is 266 g/mol. The van der Waals surface area contributed by atoms with Gasteiger partial charge in [-0.15, -0.1) is 0 Å². The van der Waals surface area contributed by atoms with E-state index in [1.54, 1.807) is 21.0 Å². The zero-order chi connectivity index (χ0) is 13.1. The average Bonchev–Trinajstić information content (AvgIpc) is 2.20. The molecule has 0 amide bonds. The van der Waals surface area contributed by atoms with Crippen LogP contribution in [0.5, 0.6) is 0 Å². The van der Waals surface area contributed by atoms with Gasteiger partial charge in [-0.25, -0.2) is 0 Å². The van der Waals surface area contributed by atoms with E-state index >= 15 is 0 Å². The van der Waals surface area contributed by atoms with Gasteiger partial charge in [0.05, 0.1) is 11.3 Å². The molecule has 0 aliphatic carbocycles. The van der Waals surface area contributed by atoms with Crippen molar-refractivity contribution in [2.75, 3.05) is 26.4 Å². The summed E-state index contributed by atoms with van der Waals surface area (Å²) in [6.45, 7) is 3.74. The van der Waals surface area contributed by atoms with Crippen molar-refractivity contribution in [1.29, 1.82) is 0 Å². The topological polar surface area (TPSA) is 58.2 Å². The molecule has 0 aromatic heterocycles. The Morgan fingerprint density at radius 1 is 1.19 bits per heavy atom. The molecule has 2 N–H and O–H groups in total. The lowest BCUT2D eigenvalue weighted by Crippen LogP contribution is -2.33. The number of thiol groups is 2. The standard InChI is InChI=1S/2C5H11NOS/c1-4(7)5(3-8)6-2;1-4(7)5(8)3-6-2/h2*5-6,8H,3H2,1-2H3. The van der Waals surface area contributed by atoms with E-state index in [1.807, 2.05) is 0 Å². The number of ketones is 2. The summed E-state index contributed by atoms with van der Waals surface area (Å²) in [5.41, 5.74) is 0. The number of likely N-dealkylation sites (N-methyl/N-ethyl adjacent to an activating group) is 1. The van der Waals surface area contributed by atoms with Gasteiger partial charge in [0.15, 0.2) is 0 Å². The van der Waals surface area contributed by atoms with Crippen LogP contribution in [-0.4, -0.2) is 49.3 Å². The summed E-state index contributed by atoms with van der Waals surface area (Å²) in [6, 6.07) is -0.0710. The molecule has 0 rings (SSSR count). The Bertz CT molecular complexity index is 209. The molecular formula is C10H22N2O2S2. The Morgan fingerprint density at radius 3 is 1.75 bits per heavy atom. The Hall–Kier alpha value is -0.0400. The zero-order valence-corrected chi connectivity index (χ0v) is 12.1. The van der Waals surface area contributed by atoms with Crippen molar-refractivity contribution in [3.8, 4) is 0 Å². The number of carbonyl (C=O) groups is 2. The van der Waals surface area contributed by atoms with Crippen LogP contribution in [0.15, 0.2) is 0 Å². The van der Waals surface area contributed by atoms with Crippen LogP contribution in [0.4, 0.5) is 0 Å². The molecule has 16 heavy (non-hydrogen) atoms. The molecule has 0 radical (unpaired) electrons. The molecule has 0 spiro atoms. The van der Waals surface area contributed by atoms with E-state index in [0.29, 0.717) is 12.3 Å².